The van der Waals surface area contributed by atoms with Crippen LogP contribution in [0.4, 0.5) is 8.78 Å². The Balaban J connectivity index is 3.15. The van der Waals surface area contributed by atoms with Gasteiger partial charge in [0.05, 0.1) is 8.95 Å². The van der Waals surface area contributed by atoms with E-state index < -0.39 is 24.8 Å². The number of ketones is 1. The SMILES string of the molecule is O=C(O)CC(=O)c1ccc(Br)c(OC(F)F)c1Br. The highest BCUT2D eigenvalue weighted by molar-refractivity contribution is 9.11. The van der Waals surface area contributed by atoms with Crippen LogP contribution in [-0.4, -0.2) is 23.5 Å². The van der Waals surface area contributed by atoms with Crippen molar-refractivity contribution in [3.8, 4) is 5.75 Å². The summed E-state index contributed by atoms with van der Waals surface area (Å²) in [6.07, 6.45) is -0.728. The Kier molecular flexibility index (Phi) is 5.21. The predicted octanol–water partition coefficient (Wildman–Crippen LogP) is 3.47. The van der Waals surface area contributed by atoms with E-state index in [1.165, 1.54) is 12.1 Å². The van der Waals surface area contributed by atoms with Gasteiger partial charge in [0.1, 0.15) is 6.42 Å². The third-order valence-electron chi connectivity index (χ3n) is 1.87. The van der Waals surface area contributed by atoms with Gasteiger partial charge >= 0.3 is 12.6 Å². The van der Waals surface area contributed by atoms with Gasteiger partial charge in [0.15, 0.2) is 11.5 Å². The summed E-state index contributed by atoms with van der Waals surface area (Å²) in [5.41, 5.74) is -0.0312. The van der Waals surface area contributed by atoms with Crippen LogP contribution in [0.15, 0.2) is 21.1 Å². The standard InChI is InChI=1S/C10H6Br2F2O4/c11-5-2-1-4(6(15)3-7(16)17)8(12)9(5)18-10(13)14/h1-2,10H,3H2,(H,16,17). The fourth-order valence-corrected chi connectivity index (χ4v) is 2.53. The van der Waals surface area contributed by atoms with E-state index in [4.69, 9.17) is 5.11 Å². The van der Waals surface area contributed by atoms with Crippen LogP contribution >= 0.6 is 31.9 Å². The van der Waals surface area contributed by atoms with Crippen LogP contribution < -0.4 is 4.74 Å². The molecule has 0 aliphatic rings. The van der Waals surface area contributed by atoms with E-state index >= 15 is 0 Å². The quantitative estimate of drug-likeness (QED) is 0.620. The van der Waals surface area contributed by atoms with Crippen molar-refractivity contribution >= 4 is 43.6 Å². The minimum Gasteiger partial charge on any atom is -0.481 e. The maximum absolute atomic E-state index is 12.2. The third kappa shape index (κ3) is 3.74. The normalized spacial score (nSPS) is 10.5. The highest BCUT2D eigenvalue weighted by atomic mass is 79.9. The van der Waals surface area contributed by atoms with Crippen molar-refractivity contribution in [1.82, 2.24) is 0 Å². The molecule has 0 saturated carbocycles. The van der Waals surface area contributed by atoms with Gasteiger partial charge in [0.25, 0.3) is 0 Å². The van der Waals surface area contributed by atoms with Crippen LogP contribution in [-0.2, 0) is 4.79 Å². The lowest BCUT2D eigenvalue weighted by Crippen LogP contribution is -2.10. The van der Waals surface area contributed by atoms with Crippen molar-refractivity contribution in [1.29, 1.82) is 0 Å². The minimum absolute atomic E-state index is 0.0107. The Bertz CT molecular complexity index is 491. The number of benzene rings is 1. The van der Waals surface area contributed by atoms with Gasteiger partial charge in [-0.3, -0.25) is 9.59 Å². The van der Waals surface area contributed by atoms with Crippen molar-refractivity contribution < 1.29 is 28.2 Å². The van der Waals surface area contributed by atoms with E-state index in [2.05, 4.69) is 36.6 Å². The number of carbonyl (C=O) groups is 2. The van der Waals surface area contributed by atoms with Gasteiger partial charge in [-0.2, -0.15) is 8.78 Å². The largest absolute Gasteiger partial charge is 0.481 e. The Morgan fingerprint density at radius 2 is 1.94 bits per heavy atom. The molecule has 0 heterocycles. The molecular weight excluding hydrogens is 382 g/mol. The molecule has 0 spiro atoms. The van der Waals surface area contributed by atoms with E-state index in [0.717, 1.165) is 0 Å². The predicted molar refractivity (Wildman–Crippen MR) is 65.1 cm³/mol. The second-order valence-corrected chi connectivity index (χ2v) is 4.76. The number of carbonyl (C=O) groups excluding carboxylic acids is 1. The first-order valence-electron chi connectivity index (χ1n) is 4.50. The molecule has 0 aromatic heterocycles. The zero-order valence-corrected chi connectivity index (χ0v) is 11.8. The molecule has 1 N–H and O–H groups in total. The number of rotatable bonds is 5. The Hall–Kier alpha value is -1.02. The molecule has 1 rings (SSSR count). The summed E-state index contributed by atoms with van der Waals surface area (Å²) in [5, 5.41) is 8.51. The number of alkyl halides is 2. The summed E-state index contributed by atoms with van der Waals surface area (Å²) in [7, 11) is 0. The van der Waals surface area contributed by atoms with Gasteiger partial charge < -0.3 is 9.84 Å². The minimum atomic E-state index is -3.05. The van der Waals surface area contributed by atoms with Gasteiger partial charge in [0.2, 0.25) is 0 Å². The third-order valence-corrected chi connectivity index (χ3v) is 3.28. The molecule has 0 unspecified atom stereocenters. The second kappa shape index (κ2) is 6.24. The van der Waals surface area contributed by atoms with Crippen LogP contribution in [0.25, 0.3) is 0 Å². The molecule has 0 aliphatic heterocycles. The van der Waals surface area contributed by atoms with Crippen LogP contribution in [0.2, 0.25) is 0 Å². The number of carboxylic acids is 1. The lowest BCUT2D eigenvalue weighted by molar-refractivity contribution is -0.135. The maximum atomic E-state index is 12.2. The zero-order chi connectivity index (χ0) is 13.9. The average molecular weight is 388 g/mol. The van der Waals surface area contributed by atoms with Gasteiger partial charge in [-0.1, -0.05) is 0 Å². The Morgan fingerprint density at radius 1 is 1.33 bits per heavy atom. The number of hydrogen-bond donors (Lipinski definition) is 1. The van der Waals surface area contributed by atoms with Crippen LogP contribution in [0, 0.1) is 0 Å². The highest BCUT2D eigenvalue weighted by Crippen LogP contribution is 2.37. The fourth-order valence-electron chi connectivity index (χ4n) is 1.18. The molecular formula is C10H6Br2F2O4. The molecule has 0 atom stereocenters. The molecule has 8 heteroatoms. The highest BCUT2D eigenvalue weighted by Gasteiger charge is 2.20. The summed E-state index contributed by atoms with van der Waals surface area (Å²) in [5.74, 6) is -2.26. The lowest BCUT2D eigenvalue weighted by Gasteiger charge is -2.11. The monoisotopic (exact) mass is 386 g/mol. The molecule has 1 aromatic rings. The molecule has 0 radical (unpaired) electrons. The average Bonchev–Trinajstić information content (AvgIpc) is 2.22. The lowest BCUT2D eigenvalue weighted by atomic mass is 10.1. The smallest absolute Gasteiger partial charge is 0.387 e. The summed E-state index contributed by atoms with van der Waals surface area (Å²) in [6, 6.07) is 2.65. The number of hydrogen-bond acceptors (Lipinski definition) is 3. The van der Waals surface area contributed by atoms with E-state index in [9.17, 15) is 18.4 Å². The molecule has 0 bridgehead atoms. The van der Waals surface area contributed by atoms with Crippen molar-refractivity contribution in [2.75, 3.05) is 0 Å². The molecule has 0 saturated heterocycles. The van der Waals surface area contributed by atoms with Crippen LogP contribution in [0.1, 0.15) is 16.8 Å². The molecule has 1 aromatic carbocycles. The molecule has 4 nitrogen and oxygen atoms in total. The van der Waals surface area contributed by atoms with Gasteiger partial charge in [0, 0.05) is 5.56 Å². The van der Waals surface area contributed by atoms with Crippen molar-refractivity contribution in [2.45, 2.75) is 13.0 Å². The second-order valence-electron chi connectivity index (χ2n) is 3.11. The van der Waals surface area contributed by atoms with Gasteiger partial charge in [-0.25, -0.2) is 0 Å². The fraction of sp³-hybridized carbons (Fsp3) is 0.200. The number of halogens is 4. The van der Waals surface area contributed by atoms with Crippen LogP contribution in [0.5, 0.6) is 5.75 Å². The van der Waals surface area contributed by atoms with Crippen LogP contribution in [0.3, 0.4) is 0 Å². The van der Waals surface area contributed by atoms with Crippen molar-refractivity contribution in [2.24, 2.45) is 0 Å². The van der Waals surface area contributed by atoms with E-state index in [0.29, 0.717) is 0 Å². The number of Topliss-reactive ketones (excluding diaryl/α,β-unsaturated/α-hetero) is 1. The maximum Gasteiger partial charge on any atom is 0.387 e. The number of ether oxygens (including phenoxy) is 1. The van der Waals surface area contributed by atoms with Gasteiger partial charge in [-0.15, -0.1) is 0 Å². The van der Waals surface area contributed by atoms with E-state index in [-0.39, 0.29) is 20.3 Å². The first-order chi connectivity index (χ1) is 8.32. The zero-order valence-electron chi connectivity index (χ0n) is 8.62. The number of aliphatic carboxylic acids is 1. The molecule has 0 amide bonds. The number of carboxylic acid groups (broad SMARTS) is 1. The summed E-state index contributed by atoms with van der Waals surface area (Å²) < 4.78 is 28.8. The van der Waals surface area contributed by atoms with Crippen molar-refractivity contribution in [3.63, 3.8) is 0 Å². The first kappa shape index (κ1) is 15.0. The summed E-state index contributed by atoms with van der Waals surface area (Å²) >= 11 is 5.94. The Morgan fingerprint density at radius 3 is 2.44 bits per heavy atom. The molecule has 0 aliphatic carbocycles. The van der Waals surface area contributed by atoms with E-state index in [1.54, 1.807) is 0 Å². The van der Waals surface area contributed by atoms with Gasteiger partial charge in [-0.05, 0) is 44.0 Å². The summed E-state index contributed by atoms with van der Waals surface area (Å²) in [4.78, 5) is 22.0. The molecule has 0 fully saturated rings. The van der Waals surface area contributed by atoms with E-state index in [1.807, 2.05) is 0 Å². The first-order valence-corrected chi connectivity index (χ1v) is 6.09. The van der Waals surface area contributed by atoms with Crippen molar-refractivity contribution in [3.05, 3.63) is 26.6 Å². The summed E-state index contributed by atoms with van der Waals surface area (Å²) in [6.45, 7) is -3.05. The molecule has 98 valence electrons. The Labute approximate surface area is 117 Å². The molecule has 18 heavy (non-hydrogen) atoms. The topological polar surface area (TPSA) is 63.6 Å².